The summed E-state index contributed by atoms with van der Waals surface area (Å²) in [7, 11) is 0. The third-order valence-electron chi connectivity index (χ3n) is 4.54. The molecular weight excluding hydrogens is 360 g/mol. The number of nitrogens with two attached hydrogens (primary N) is 1. The number of aryl methyl sites for hydroxylation is 1. The zero-order valence-electron chi connectivity index (χ0n) is 14.8. The second kappa shape index (κ2) is 6.55. The average molecular weight is 374 g/mol. The maximum atomic E-state index is 11.8. The van der Waals surface area contributed by atoms with Gasteiger partial charge < -0.3 is 15.2 Å². The fourth-order valence-electron chi connectivity index (χ4n) is 3.35. The third kappa shape index (κ3) is 2.66. The fourth-order valence-corrected chi connectivity index (χ4v) is 3.35. The lowest BCUT2D eigenvalue weighted by Crippen LogP contribution is -2.04. The summed E-state index contributed by atoms with van der Waals surface area (Å²) in [6.45, 7) is 1.73. The number of rotatable bonds is 3. The lowest BCUT2D eigenvalue weighted by molar-refractivity contribution is -0.384. The van der Waals surface area contributed by atoms with Crippen molar-refractivity contribution in [1.82, 2.24) is 4.98 Å². The Balaban J connectivity index is 2.14. The van der Waals surface area contributed by atoms with Crippen LogP contribution in [0.25, 0.3) is 22.3 Å². The number of nitrogens with zero attached hydrogens (tertiary/aromatic N) is 3. The molecule has 0 aliphatic carbocycles. The van der Waals surface area contributed by atoms with Crippen LogP contribution in [-0.2, 0) is 0 Å². The van der Waals surface area contributed by atoms with Crippen molar-refractivity contribution in [2.75, 3.05) is 12.5 Å². The van der Waals surface area contributed by atoms with Crippen LogP contribution in [0.2, 0.25) is 0 Å². The molecule has 0 saturated carbocycles. The van der Waals surface area contributed by atoms with Crippen molar-refractivity contribution in [1.29, 1.82) is 5.26 Å². The highest BCUT2D eigenvalue weighted by Crippen LogP contribution is 2.47. The number of nitro groups is 1. The van der Waals surface area contributed by atoms with Crippen LogP contribution in [0.4, 0.5) is 11.5 Å². The van der Waals surface area contributed by atoms with E-state index >= 15 is 0 Å². The Morgan fingerprint density at radius 2 is 1.86 bits per heavy atom. The third-order valence-corrected chi connectivity index (χ3v) is 4.54. The fraction of sp³-hybridized carbons (Fsp3) is 0.100. The monoisotopic (exact) mass is 374 g/mol. The van der Waals surface area contributed by atoms with E-state index in [4.69, 9.17) is 15.2 Å². The number of fused-ring (bicyclic) bond motifs is 1. The number of nitro benzene ring substituents is 1. The number of nitriles is 1. The molecule has 2 N–H and O–H groups in total. The van der Waals surface area contributed by atoms with E-state index in [0.29, 0.717) is 22.6 Å². The Morgan fingerprint density at radius 1 is 1.18 bits per heavy atom. The first kappa shape index (κ1) is 17.3. The molecular formula is C20H14N4O4. The normalized spacial score (nSPS) is 11.9. The van der Waals surface area contributed by atoms with Gasteiger partial charge >= 0.3 is 0 Å². The van der Waals surface area contributed by atoms with E-state index in [2.05, 4.69) is 11.1 Å². The van der Waals surface area contributed by atoms with Gasteiger partial charge in [-0.1, -0.05) is 30.3 Å². The molecule has 3 aromatic rings. The highest BCUT2D eigenvalue weighted by atomic mass is 16.7. The summed E-state index contributed by atoms with van der Waals surface area (Å²) in [4.78, 5) is 15.6. The van der Waals surface area contributed by atoms with E-state index in [1.807, 2.05) is 30.3 Å². The van der Waals surface area contributed by atoms with Crippen molar-refractivity contribution in [3.63, 3.8) is 0 Å². The van der Waals surface area contributed by atoms with Gasteiger partial charge in [0.1, 0.15) is 17.5 Å². The number of benzene rings is 2. The Bertz CT molecular complexity index is 1150. The quantitative estimate of drug-likeness (QED) is 0.546. The first-order valence-electron chi connectivity index (χ1n) is 8.35. The number of ether oxygens (including phenoxy) is 2. The largest absolute Gasteiger partial charge is 0.454 e. The number of nitrogen functional groups attached to an aromatic ring is 1. The van der Waals surface area contributed by atoms with Crippen LogP contribution < -0.4 is 15.2 Å². The van der Waals surface area contributed by atoms with E-state index in [1.54, 1.807) is 6.92 Å². The van der Waals surface area contributed by atoms with Gasteiger partial charge in [0, 0.05) is 16.8 Å². The van der Waals surface area contributed by atoms with Crippen molar-refractivity contribution >= 4 is 11.5 Å². The van der Waals surface area contributed by atoms with Crippen LogP contribution in [0, 0.1) is 28.4 Å². The minimum atomic E-state index is -0.515. The number of hydrogen-bond acceptors (Lipinski definition) is 7. The predicted molar refractivity (Wildman–Crippen MR) is 102 cm³/mol. The van der Waals surface area contributed by atoms with Crippen molar-refractivity contribution in [2.45, 2.75) is 6.92 Å². The summed E-state index contributed by atoms with van der Waals surface area (Å²) >= 11 is 0. The Hall–Kier alpha value is -4.12. The first-order valence-corrected chi connectivity index (χ1v) is 8.35. The predicted octanol–water partition coefficient (Wildman–Crippen LogP) is 3.81. The number of aromatic nitrogens is 1. The van der Waals surface area contributed by atoms with Crippen LogP contribution in [0.3, 0.4) is 0 Å². The smallest absolute Gasteiger partial charge is 0.281 e. The molecule has 28 heavy (non-hydrogen) atoms. The van der Waals surface area contributed by atoms with Crippen LogP contribution in [0.5, 0.6) is 11.5 Å². The van der Waals surface area contributed by atoms with Gasteiger partial charge in [-0.3, -0.25) is 10.1 Å². The summed E-state index contributed by atoms with van der Waals surface area (Å²) in [5.41, 5.74) is 8.38. The molecule has 1 aliphatic rings. The lowest BCUT2D eigenvalue weighted by Gasteiger charge is -2.16. The van der Waals surface area contributed by atoms with Gasteiger partial charge in [0.25, 0.3) is 5.69 Å². The van der Waals surface area contributed by atoms with Crippen molar-refractivity contribution < 1.29 is 14.4 Å². The molecule has 0 amide bonds. The van der Waals surface area contributed by atoms with Crippen molar-refractivity contribution in [3.05, 3.63) is 63.8 Å². The van der Waals surface area contributed by atoms with Crippen LogP contribution >= 0.6 is 0 Å². The van der Waals surface area contributed by atoms with Crippen molar-refractivity contribution in [2.24, 2.45) is 0 Å². The number of hydrogen-bond donors (Lipinski definition) is 1. The Morgan fingerprint density at radius 3 is 2.50 bits per heavy atom. The van der Waals surface area contributed by atoms with Gasteiger partial charge in [-0.05, 0) is 18.6 Å². The molecule has 0 atom stereocenters. The molecule has 0 radical (unpaired) electrons. The minimum Gasteiger partial charge on any atom is -0.454 e. The Labute approximate surface area is 159 Å². The van der Waals surface area contributed by atoms with E-state index in [-0.39, 0.29) is 35.2 Å². The molecule has 0 fully saturated rings. The summed E-state index contributed by atoms with van der Waals surface area (Å²) in [6.07, 6.45) is 0. The second-order valence-corrected chi connectivity index (χ2v) is 6.17. The highest BCUT2D eigenvalue weighted by molar-refractivity contribution is 5.95. The number of pyridine rings is 1. The Kier molecular flexibility index (Phi) is 4.05. The molecule has 2 heterocycles. The zero-order valence-corrected chi connectivity index (χ0v) is 14.8. The van der Waals surface area contributed by atoms with E-state index in [9.17, 15) is 15.4 Å². The van der Waals surface area contributed by atoms with Gasteiger partial charge in [-0.2, -0.15) is 5.26 Å². The molecule has 2 aromatic carbocycles. The molecule has 138 valence electrons. The van der Waals surface area contributed by atoms with Crippen LogP contribution in [0.1, 0.15) is 11.3 Å². The zero-order chi connectivity index (χ0) is 19.8. The highest BCUT2D eigenvalue weighted by Gasteiger charge is 2.29. The molecule has 4 rings (SSSR count). The summed E-state index contributed by atoms with van der Waals surface area (Å²) in [5.74, 6) is 0.673. The average Bonchev–Trinajstić information content (AvgIpc) is 3.14. The molecule has 1 aromatic heterocycles. The molecule has 0 spiro atoms. The molecule has 1 aliphatic heterocycles. The van der Waals surface area contributed by atoms with E-state index < -0.39 is 4.92 Å². The van der Waals surface area contributed by atoms with Gasteiger partial charge in [-0.25, -0.2) is 4.98 Å². The SMILES string of the molecule is Cc1nc(N)c(C#N)c(-c2cc3c(cc2[N+](=O)[O-])OCO3)c1-c1ccccc1. The second-order valence-electron chi connectivity index (χ2n) is 6.17. The standard InChI is InChI=1S/C20H14N4O4/c1-11-18(12-5-3-2-4-6-12)19(14(9-21)20(22)23-11)13-7-16-17(28-10-27-16)8-15(13)24(25)26/h2-8H,10H2,1H3,(H2,22,23). The van der Waals surface area contributed by atoms with Gasteiger partial charge in [-0.15, -0.1) is 0 Å². The maximum Gasteiger partial charge on any atom is 0.281 e. The molecule has 0 unspecified atom stereocenters. The van der Waals surface area contributed by atoms with E-state index in [1.165, 1.54) is 12.1 Å². The van der Waals surface area contributed by atoms with E-state index in [0.717, 1.165) is 5.56 Å². The summed E-state index contributed by atoms with van der Waals surface area (Å²) in [5, 5.41) is 21.5. The molecule has 8 heteroatoms. The molecule has 0 saturated heterocycles. The van der Waals surface area contributed by atoms with Crippen molar-refractivity contribution in [3.8, 4) is 39.8 Å². The lowest BCUT2D eigenvalue weighted by atomic mass is 9.89. The summed E-state index contributed by atoms with van der Waals surface area (Å²) < 4.78 is 10.7. The molecule has 8 nitrogen and oxygen atoms in total. The topological polar surface area (TPSA) is 124 Å². The first-order chi connectivity index (χ1) is 13.5. The molecule has 0 bridgehead atoms. The van der Waals surface area contributed by atoms with Gasteiger partial charge in [0.2, 0.25) is 6.79 Å². The summed E-state index contributed by atoms with van der Waals surface area (Å²) in [6, 6.07) is 14.1. The van der Waals surface area contributed by atoms with Gasteiger partial charge in [0.15, 0.2) is 11.5 Å². The number of anilines is 1. The van der Waals surface area contributed by atoms with Gasteiger partial charge in [0.05, 0.1) is 16.6 Å². The van der Waals surface area contributed by atoms with Crippen LogP contribution in [-0.4, -0.2) is 16.7 Å². The minimum absolute atomic E-state index is 0.0154. The van der Waals surface area contributed by atoms with Crippen LogP contribution in [0.15, 0.2) is 42.5 Å². The maximum absolute atomic E-state index is 11.8.